The molecule has 0 amide bonds. The topological polar surface area (TPSA) is 136 Å². The molecule has 0 fully saturated rings. The minimum atomic E-state index is -0.512. The molecule has 0 saturated heterocycles. The highest BCUT2D eigenvalue weighted by molar-refractivity contribution is 5.84. The Morgan fingerprint density at radius 3 is 2.91 bits per heavy atom. The van der Waals surface area contributed by atoms with Crippen LogP contribution in [-0.2, 0) is 0 Å². The van der Waals surface area contributed by atoms with E-state index in [9.17, 15) is 14.3 Å². The van der Waals surface area contributed by atoms with Gasteiger partial charge >= 0.3 is 0 Å². The quantitative estimate of drug-likeness (QED) is 0.465. The summed E-state index contributed by atoms with van der Waals surface area (Å²) < 4.78 is 14.6. The second-order valence-corrected chi connectivity index (χ2v) is 4.75. The highest BCUT2D eigenvalue weighted by atomic mass is 19.1. The van der Waals surface area contributed by atoms with Crippen molar-refractivity contribution < 1.29 is 9.50 Å². The van der Waals surface area contributed by atoms with Gasteiger partial charge in [-0.1, -0.05) is 0 Å². The lowest BCUT2D eigenvalue weighted by atomic mass is 10.2. The number of nitrogens with two attached hydrogens (primary N) is 1. The van der Waals surface area contributed by atoms with Crippen LogP contribution < -0.4 is 11.3 Å². The van der Waals surface area contributed by atoms with Gasteiger partial charge in [0.15, 0.2) is 11.2 Å². The van der Waals surface area contributed by atoms with Crippen molar-refractivity contribution in [3.8, 4) is 11.8 Å². The number of hydrogen-bond acceptors (Lipinski definition) is 7. The van der Waals surface area contributed by atoms with E-state index in [1.807, 2.05) is 0 Å². The Bertz CT molecular complexity index is 1130. The highest BCUT2D eigenvalue weighted by Gasteiger charge is 2.15. The fourth-order valence-electron chi connectivity index (χ4n) is 2.25. The molecule has 4 N–H and O–H groups in total. The number of benzene rings is 1. The molecule has 3 aromatic heterocycles. The third-order valence-corrected chi connectivity index (χ3v) is 3.27. The van der Waals surface area contributed by atoms with Crippen LogP contribution in [0.5, 0.6) is 5.88 Å². The number of imidazole rings is 1. The number of nitrogen functional groups attached to an aromatic ring is 1. The first-order chi connectivity index (χ1) is 11.0. The summed E-state index contributed by atoms with van der Waals surface area (Å²) >= 11 is 0. The van der Waals surface area contributed by atoms with E-state index in [0.29, 0.717) is 5.39 Å². The highest BCUT2D eigenvalue weighted by Crippen LogP contribution is 2.24. The molecule has 0 atom stereocenters. The van der Waals surface area contributed by atoms with Crippen LogP contribution in [0.4, 0.5) is 10.3 Å². The summed E-state index contributed by atoms with van der Waals surface area (Å²) in [6.07, 6.45) is 1.27. The van der Waals surface area contributed by atoms with Gasteiger partial charge in [-0.25, -0.2) is 14.4 Å². The van der Waals surface area contributed by atoms with Crippen molar-refractivity contribution in [1.29, 1.82) is 0 Å². The number of nitrogens with zero attached hydrogens (tertiary/aromatic N) is 5. The SMILES string of the molecule is Nc1nc2c(ncn2-c2nc(O)c3ccc(F)cc3n2)c(=O)[nH]1. The van der Waals surface area contributed by atoms with Crippen molar-refractivity contribution >= 4 is 28.0 Å². The molecule has 0 spiro atoms. The third-order valence-electron chi connectivity index (χ3n) is 3.27. The van der Waals surface area contributed by atoms with Crippen LogP contribution in [0, 0.1) is 5.82 Å². The molecular formula is C13H8FN7O2. The zero-order valence-corrected chi connectivity index (χ0v) is 11.4. The van der Waals surface area contributed by atoms with Crippen molar-refractivity contribution in [2.45, 2.75) is 0 Å². The fourth-order valence-corrected chi connectivity index (χ4v) is 2.25. The summed E-state index contributed by atoms with van der Waals surface area (Å²) in [5.41, 5.74) is 5.38. The average Bonchev–Trinajstić information content (AvgIpc) is 2.90. The molecule has 0 radical (unpaired) electrons. The van der Waals surface area contributed by atoms with E-state index in [2.05, 4.69) is 24.9 Å². The lowest BCUT2D eigenvalue weighted by molar-refractivity contribution is 0.458. The Balaban J connectivity index is 2.05. The molecule has 0 unspecified atom stereocenters. The third kappa shape index (κ3) is 1.96. The van der Waals surface area contributed by atoms with Crippen LogP contribution in [0.15, 0.2) is 29.3 Å². The summed E-state index contributed by atoms with van der Waals surface area (Å²) in [6.45, 7) is 0. The van der Waals surface area contributed by atoms with E-state index in [1.165, 1.54) is 23.0 Å². The zero-order valence-electron chi connectivity index (χ0n) is 11.4. The molecule has 114 valence electrons. The number of anilines is 1. The van der Waals surface area contributed by atoms with Crippen LogP contribution in [0.25, 0.3) is 28.0 Å². The molecule has 0 aliphatic rings. The monoisotopic (exact) mass is 313 g/mol. The van der Waals surface area contributed by atoms with E-state index in [0.717, 1.165) is 6.07 Å². The van der Waals surface area contributed by atoms with Crippen molar-refractivity contribution in [2.75, 3.05) is 5.73 Å². The smallest absolute Gasteiger partial charge is 0.280 e. The Hall–Kier alpha value is -3.56. The van der Waals surface area contributed by atoms with Crippen molar-refractivity contribution in [1.82, 2.24) is 29.5 Å². The van der Waals surface area contributed by atoms with Crippen molar-refractivity contribution in [3.05, 3.63) is 40.7 Å². The summed E-state index contributed by atoms with van der Waals surface area (Å²) in [5.74, 6) is -0.943. The maximum absolute atomic E-state index is 13.4. The maximum Gasteiger partial charge on any atom is 0.280 e. The number of rotatable bonds is 1. The maximum atomic E-state index is 13.4. The second kappa shape index (κ2) is 4.47. The first-order valence-corrected chi connectivity index (χ1v) is 6.42. The van der Waals surface area contributed by atoms with Gasteiger partial charge in [0.2, 0.25) is 17.8 Å². The molecule has 4 rings (SSSR count). The summed E-state index contributed by atoms with van der Waals surface area (Å²) in [4.78, 5) is 30.1. The van der Waals surface area contributed by atoms with Gasteiger partial charge in [-0.15, -0.1) is 0 Å². The van der Waals surface area contributed by atoms with Gasteiger partial charge in [-0.2, -0.15) is 9.97 Å². The van der Waals surface area contributed by atoms with Gasteiger partial charge in [-0.3, -0.25) is 14.3 Å². The average molecular weight is 313 g/mol. The standard InChI is InChI=1S/C13H8FN7O2/c14-5-1-2-6-7(3-5)17-13(20-10(6)22)21-4-16-8-9(21)18-12(15)19-11(8)23/h1-4H,(H,17,20,22)(H3,15,18,19,23). The van der Waals surface area contributed by atoms with E-state index in [4.69, 9.17) is 5.73 Å². The molecule has 0 aliphatic carbocycles. The lowest BCUT2D eigenvalue weighted by Crippen LogP contribution is -2.12. The van der Waals surface area contributed by atoms with Crippen LogP contribution in [0.3, 0.4) is 0 Å². The number of halogens is 1. The predicted octanol–water partition coefficient (Wildman–Crippen LogP) is 0.479. The number of aromatic hydroxyl groups is 1. The number of aromatic amines is 1. The Morgan fingerprint density at radius 2 is 2.09 bits per heavy atom. The second-order valence-electron chi connectivity index (χ2n) is 4.75. The van der Waals surface area contributed by atoms with Crippen LogP contribution >= 0.6 is 0 Å². The molecule has 0 aliphatic heterocycles. The largest absolute Gasteiger partial charge is 0.493 e. The van der Waals surface area contributed by atoms with E-state index in [1.54, 1.807) is 0 Å². The first kappa shape index (κ1) is 13.1. The Labute approximate surface area is 126 Å². The van der Waals surface area contributed by atoms with Gasteiger partial charge < -0.3 is 10.8 Å². The zero-order chi connectivity index (χ0) is 16.1. The first-order valence-electron chi connectivity index (χ1n) is 6.42. The summed E-state index contributed by atoms with van der Waals surface area (Å²) in [6, 6.07) is 3.73. The molecule has 0 bridgehead atoms. The molecule has 3 heterocycles. The van der Waals surface area contributed by atoms with E-state index < -0.39 is 11.4 Å². The number of H-pyrrole nitrogens is 1. The van der Waals surface area contributed by atoms with Gasteiger partial charge in [0.05, 0.1) is 10.9 Å². The number of fused-ring (bicyclic) bond motifs is 2. The molecular weight excluding hydrogens is 305 g/mol. The Kier molecular flexibility index (Phi) is 2.55. The molecule has 10 heteroatoms. The minimum absolute atomic E-state index is 0.0133. The van der Waals surface area contributed by atoms with E-state index in [-0.39, 0.29) is 34.5 Å². The van der Waals surface area contributed by atoms with Crippen molar-refractivity contribution in [3.63, 3.8) is 0 Å². The lowest BCUT2D eigenvalue weighted by Gasteiger charge is -2.05. The van der Waals surface area contributed by atoms with Crippen LogP contribution in [0.1, 0.15) is 0 Å². The summed E-state index contributed by atoms with van der Waals surface area (Å²) in [7, 11) is 0. The molecule has 0 saturated carbocycles. The predicted molar refractivity (Wildman–Crippen MR) is 78.6 cm³/mol. The van der Waals surface area contributed by atoms with Gasteiger partial charge in [0, 0.05) is 6.07 Å². The van der Waals surface area contributed by atoms with Crippen LogP contribution in [-0.4, -0.2) is 34.6 Å². The Morgan fingerprint density at radius 1 is 1.26 bits per heavy atom. The van der Waals surface area contributed by atoms with Crippen molar-refractivity contribution in [2.24, 2.45) is 0 Å². The number of nitrogens with one attached hydrogen (secondary N) is 1. The van der Waals surface area contributed by atoms with E-state index >= 15 is 0 Å². The number of aromatic nitrogens is 6. The fraction of sp³-hybridized carbons (Fsp3) is 0. The van der Waals surface area contributed by atoms with Gasteiger partial charge in [-0.05, 0) is 12.1 Å². The molecule has 4 aromatic rings. The molecule has 23 heavy (non-hydrogen) atoms. The molecule has 1 aromatic carbocycles. The van der Waals surface area contributed by atoms with Crippen LogP contribution in [0.2, 0.25) is 0 Å². The minimum Gasteiger partial charge on any atom is -0.493 e. The van der Waals surface area contributed by atoms with Gasteiger partial charge in [0.1, 0.15) is 12.1 Å². The normalized spacial score (nSPS) is 11.3. The summed E-state index contributed by atoms with van der Waals surface area (Å²) in [5, 5.41) is 10.3. The molecule has 9 nitrogen and oxygen atoms in total. The van der Waals surface area contributed by atoms with Gasteiger partial charge in [0.25, 0.3) is 5.56 Å². The number of hydrogen-bond donors (Lipinski definition) is 3.